The average molecular weight is 292 g/mol. The average Bonchev–Trinajstić information content (AvgIpc) is 3.03. The van der Waals surface area contributed by atoms with Crippen LogP contribution in [-0.4, -0.2) is 18.5 Å². The highest BCUT2D eigenvalue weighted by molar-refractivity contribution is 7.12. The quantitative estimate of drug-likeness (QED) is 0.899. The first kappa shape index (κ1) is 14.1. The molecular weight excluding hydrogens is 268 g/mol. The van der Waals surface area contributed by atoms with Crippen molar-refractivity contribution < 1.29 is 4.79 Å². The van der Waals surface area contributed by atoms with Crippen molar-refractivity contribution >= 4 is 17.2 Å². The molecule has 1 amide bonds. The van der Waals surface area contributed by atoms with Crippen LogP contribution in [0.4, 0.5) is 0 Å². The Bertz CT molecular complexity index is 511. The zero-order chi connectivity index (χ0) is 14.3. The summed E-state index contributed by atoms with van der Waals surface area (Å²) < 4.78 is 0. The molecule has 4 unspecified atom stereocenters. The van der Waals surface area contributed by atoms with Gasteiger partial charge in [-0.2, -0.15) is 0 Å². The molecule has 4 heteroatoms. The highest BCUT2D eigenvalue weighted by atomic mass is 32.1. The van der Waals surface area contributed by atoms with Crippen molar-refractivity contribution in [1.29, 1.82) is 0 Å². The number of carbonyl (C=O) groups is 1. The van der Waals surface area contributed by atoms with E-state index in [1.165, 1.54) is 34.6 Å². The summed E-state index contributed by atoms with van der Waals surface area (Å²) in [6, 6.07) is 2.34. The van der Waals surface area contributed by atoms with Gasteiger partial charge in [0.05, 0.1) is 12.1 Å². The zero-order valence-corrected chi connectivity index (χ0v) is 13.3. The molecule has 3 nitrogen and oxygen atoms in total. The lowest BCUT2D eigenvalue weighted by Gasteiger charge is -2.21. The fraction of sp³-hybridized carbons (Fsp3) is 0.688. The molecule has 4 atom stereocenters. The third-order valence-corrected chi connectivity index (χ3v) is 5.91. The van der Waals surface area contributed by atoms with Crippen LogP contribution >= 0.6 is 11.3 Å². The maximum atomic E-state index is 12.5. The van der Waals surface area contributed by atoms with E-state index >= 15 is 0 Å². The summed E-state index contributed by atoms with van der Waals surface area (Å²) >= 11 is 1.81. The third kappa shape index (κ3) is 2.51. The van der Waals surface area contributed by atoms with Crippen LogP contribution in [0, 0.1) is 25.7 Å². The zero-order valence-electron chi connectivity index (χ0n) is 12.5. The molecule has 1 aliphatic carbocycles. The number of amides is 1. The number of nitrogens with one attached hydrogen (secondary N) is 2. The van der Waals surface area contributed by atoms with Crippen LogP contribution in [0.25, 0.3) is 0 Å². The highest BCUT2D eigenvalue weighted by Crippen LogP contribution is 2.38. The minimum Gasteiger partial charge on any atom is -0.348 e. The van der Waals surface area contributed by atoms with Gasteiger partial charge in [-0.15, -0.1) is 11.3 Å². The van der Waals surface area contributed by atoms with E-state index in [4.69, 9.17) is 0 Å². The van der Waals surface area contributed by atoms with Gasteiger partial charge in [0.15, 0.2) is 0 Å². The molecule has 1 aromatic heterocycles. The number of aryl methyl sites for hydroxylation is 2. The van der Waals surface area contributed by atoms with Crippen LogP contribution in [0.5, 0.6) is 0 Å². The van der Waals surface area contributed by atoms with Gasteiger partial charge in [-0.25, -0.2) is 0 Å². The summed E-state index contributed by atoms with van der Waals surface area (Å²) in [4.78, 5) is 15.1. The number of carbonyl (C=O) groups excluding carboxylic acids is 1. The number of fused-ring (bicyclic) bond motifs is 1. The maximum Gasteiger partial charge on any atom is 0.237 e. The fourth-order valence-corrected chi connectivity index (χ4v) is 4.96. The number of hydrogen-bond donors (Lipinski definition) is 2. The Balaban J connectivity index is 1.65. The summed E-state index contributed by atoms with van der Waals surface area (Å²) in [7, 11) is 0. The number of thiophene rings is 1. The SMILES string of the molecule is Cc1cc(C(C)NC(=O)C2NCC3CCCC32)c(C)s1. The monoisotopic (exact) mass is 292 g/mol. The van der Waals surface area contributed by atoms with Gasteiger partial charge in [0.2, 0.25) is 5.91 Å². The molecule has 3 rings (SSSR count). The van der Waals surface area contributed by atoms with Gasteiger partial charge in [0, 0.05) is 9.75 Å². The van der Waals surface area contributed by atoms with Crippen LogP contribution in [0.2, 0.25) is 0 Å². The molecule has 0 aromatic carbocycles. The molecule has 1 aliphatic heterocycles. The smallest absolute Gasteiger partial charge is 0.237 e. The first-order chi connectivity index (χ1) is 9.56. The van der Waals surface area contributed by atoms with Gasteiger partial charge in [0.25, 0.3) is 0 Å². The molecule has 1 saturated heterocycles. The fourth-order valence-electron chi connectivity index (χ4n) is 3.94. The van der Waals surface area contributed by atoms with Gasteiger partial charge in [0.1, 0.15) is 0 Å². The first-order valence-electron chi connectivity index (χ1n) is 7.67. The van der Waals surface area contributed by atoms with Crippen LogP contribution in [-0.2, 0) is 4.79 Å². The van der Waals surface area contributed by atoms with Crippen LogP contribution in [0.15, 0.2) is 6.07 Å². The first-order valence-corrected chi connectivity index (χ1v) is 8.48. The molecule has 0 bridgehead atoms. The lowest BCUT2D eigenvalue weighted by Crippen LogP contribution is -2.44. The molecule has 20 heavy (non-hydrogen) atoms. The summed E-state index contributed by atoms with van der Waals surface area (Å²) in [5.41, 5.74) is 1.27. The van der Waals surface area contributed by atoms with E-state index in [1.54, 1.807) is 11.3 Å². The van der Waals surface area contributed by atoms with Gasteiger partial charge >= 0.3 is 0 Å². The lowest BCUT2D eigenvalue weighted by molar-refractivity contribution is -0.124. The predicted molar refractivity (Wildman–Crippen MR) is 83.0 cm³/mol. The summed E-state index contributed by atoms with van der Waals surface area (Å²) in [6.07, 6.45) is 3.79. The summed E-state index contributed by atoms with van der Waals surface area (Å²) in [5, 5.41) is 6.64. The van der Waals surface area contributed by atoms with Crippen molar-refractivity contribution in [1.82, 2.24) is 10.6 Å². The van der Waals surface area contributed by atoms with Crippen molar-refractivity contribution in [3.8, 4) is 0 Å². The van der Waals surface area contributed by atoms with Crippen molar-refractivity contribution in [2.75, 3.05) is 6.54 Å². The second-order valence-corrected chi connectivity index (χ2v) is 7.80. The van der Waals surface area contributed by atoms with Crippen molar-refractivity contribution in [3.63, 3.8) is 0 Å². The van der Waals surface area contributed by atoms with E-state index in [2.05, 4.69) is 37.5 Å². The van der Waals surface area contributed by atoms with E-state index in [0.29, 0.717) is 5.92 Å². The Morgan fingerprint density at radius 3 is 2.95 bits per heavy atom. The molecule has 0 radical (unpaired) electrons. The number of hydrogen-bond acceptors (Lipinski definition) is 3. The largest absolute Gasteiger partial charge is 0.348 e. The van der Waals surface area contributed by atoms with Crippen molar-refractivity contribution in [2.45, 2.75) is 52.1 Å². The Morgan fingerprint density at radius 2 is 2.25 bits per heavy atom. The minimum atomic E-state index is 0.0324. The molecule has 2 N–H and O–H groups in total. The van der Waals surface area contributed by atoms with Gasteiger partial charge in [-0.1, -0.05) is 6.42 Å². The number of rotatable bonds is 3. The van der Waals surface area contributed by atoms with E-state index < -0.39 is 0 Å². The second kappa shape index (κ2) is 5.49. The molecule has 1 aromatic rings. The van der Waals surface area contributed by atoms with Crippen LogP contribution < -0.4 is 10.6 Å². The molecule has 2 fully saturated rings. The van der Waals surface area contributed by atoms with E-state index in [-0.39, 0.29) is 18.0 Å². The van der Waals surface area contributed by atoms with E-state index in [0.717, 1.165) is 12.5 Å². The topological polar surface area (TPSA) is 41.1 Å². The summed E-state index contributed by atoms with van der Waals surface area (Å²) in [6.45, 7) is 7.37. The normalized spacial score (nSPS) is 30.2. The molecule has 0 spiro atoms. The molecule has 110 valence electrons. The van der Waals surface area contributed by atoms with Crippen molar-refractivity contribution in [3.05, 3.63) is 21.4 Å². The van der Waals surface area contributed by atoms with Gasteiger partial charge < -0.3 is 10.6 Å². The second-order valence-electron chi connectivity index (χ2n) is 6.34. The summed E-state index contributed by atoms with van der Waals surface area (Å²) in [5.74, 6) is 1.48. The third-order valence-electron chi connectivity index (χ3n) is 4.93. The van der Waals surface area contributed by atoms with Crippen molar-refractivity contribution in [2.24, 2.45) is 11.8 Å². The highest BCUT2D eigenvalue weighted by Gasteiger charge is 2.42. The molecule has 2 aliphatic rings. The van der Waals surface area contributed by atoms with Crippen LogP contribution in [0.3, 0.4) is 0 Å². The van der Waals surface area contributed by atoms with E-state index in [9.17, 15) is 4.79 Å². The Morgan fingerprint density at radius 1 is 1.45 bits per heavy atom. The minimum absolute atomic E-state index is 0.0324. The Kier molecular flexibility index (Phi) is 3.87. The molecule has 1 saturated carbocycles. The lowest BCUT2D eigenvalue weighted by atomic mass is 9.93. The Labute approximate surface area is 125 Å². The maximum absolute atomic E-state index is 12.5. The van der Waals surface area contributed by atoms with Gasteiger partial charge in [-0.3, -0.25) is 4.79 Å². The van der Waals surface area contributed by atoms with Crippen LogP contribution in [0.1, 0.15) is 47.5 Å². The predicted octanol–water partition coefficient (Wildman–Crippen LogP) is 2.93. The Hall–Kier alpha value is -0.870. The van der Waals surface area contributed by atoms with E-state index in [1.807, 2.05) is 0 Å². The molecule has 2 heterocycles. The standard InChI is InChI=1S/C16H24N2OS/c1-9-7-14(11(3)20-9)10(2)18-16(19)15-13-6-4-5-12(13)8-17-15/h7,10,12-13,15,17H,4-6,8H2,1-3H3,(H,18,19). The van der Waals surface area contributed by atoms with Gasteiger partial charge in [-0.05, 0) is 63.6 Å². The molecular formula is C16H24N2OS.